The average molecular weight is 167 g/mol. The van der Waals surface area contributed by atoms with Crippen molar-refractivity contribution in [2.75, 3.05) is 13.1 Å². The van der Waals surface area contributed by atoms with Crippen LogP contribution in [0.2, 0.25) is 0 Å². The predicted molar refractivity (Wildman–Crippen MR) is 52.2 cm³/mol. The molecule has 1 saturated carbocycles. The minimum atomic E-state index is 0.769. The van der Waals surface area contributed by atoms with Gasteiger partial charge in [0.15, 0.2) is 0 Å². The van der Waals surface area contributed by atoms with Gasteiger partial charge < -0.3 is 4.90 Å². The van der Waals surface area contributed by atoms with Crippen LogP contribution in [0, 0.1) is 11.8 Å². The summed E-state index contributed by atoms with van der Waals surface area (Å²) in [6, 6.07) is 0.769. The smallest absolute Gasteiger partial charge is 0.00385 e. The van der Waals surface area contributed by atoms with E-state index >= 15 is 0 Å². The van der Waals surface area contributed by atoms with E-state index in [0.29, 0.717) is 0 Å². The summed E-state index contributed by atoms with van der Waals surface area (Å²) in [7, 11) is 0. The molecule has 1 heterocycles. The molecule has 0 spiro atoms. The Labute approximate surface area is 76.1 Å². The molecule has 12 heavy (non-hydrogen) atoms. The third-order valence-electron chi connectivity index (χ3n) is 3.59. The van der Waals surface area contributed by atoms with E-state index in [1.165, 1.54) is 38.8 Å². The number of hydrogen-bond donors (Lipinski definition) is 0. The first-order valence-corrected chi connectivity index (χ1v) is 5.51. The molecule has 0 N–H and O–H groups in total. The van der Waals surface area contributed by atoms with Crippen LogP contribution in [0.15, 0.2) is 0 Å². The Bertz CT molecular complexity index is 131. The number of piperidine rings is 1. The second-order valence-corrected chi connectivity index (χ2v) is 4.80. The number of rotatable bonds is 2. The van der Waals surface area contributed by atoms with E-state index in [1.807, 2.05) is 0 Å². The van der Waals surface area contributed by atoms with Gasteiger partial charge in [-0.3, -0.25) is 0 Å². The quantitative estimate of drug-likeness (QED) is 0.611. The fourth-order valence-corrected chi connectivity index (χ4v) is 2.47. The van der Waals surface area contributed by atoms with Gasteiger partial charge >= 0.3 is 0 Å². The van der Waals surface area contributed by atoms with Gasteiger partial charge in [-0.2, -0.15) is 0 Å². The van der Waals surface area contributed by atoms with Gasteiger partial charge in [0.2, 0.25) is 0 Å². The Balaban J connectivity index is 1.76. The highest BCUT2D eigenvalue weighted by Gasteiger charge is 2.33. The molecule has 0 radical (unpaired) electrons. The van der Waals surface area contributed by atoms with E-state index in [-0.39, 0.29) is 0 Å². The molecule has 1 saturated heterocycles. The van der Waals surface area contributed by atoms with E-state index in [9.17, 15) is 0 Å². The van der Waals surface area contributed by atoms with Crippen molar-refractivity contribution in [2.45, 2.75) is 45.6 Å². The van der Waals surface area contributed by atoms with Crippen LogP contribution in [0.5, 0.6) is 0 Å². The Morgan fingerprint density at radius 1 is 0.917 bits per heavy atom. The summed E-state index contributed by atoms with van der Waals surface area (Å²) in [4.78, 5) is 2.62. The van der Waals surface area contributed by atoms with E-state index in [4.69, 9.17) is 0 Å². The average Bonchev–Trinajstić information content (AvgIpc) is 2.87. The monoisotopic (exact) mass is 167 g/mol. The molecule has 2 fully saturated rings. The lowest BCUT2D eigenvalue weighted by molar-refractivity contribution is 0.140. The summed E-state index contributed by atoms with van der Waals surface area (Å²) in [6.45, 7) is 7.35. The zero-order valence-electron chi connectivity index (χ0n) is 8.42. The highest BCUT2D eigenvalue weighted by atomic mass is 15.1. The predicted octanol–water partition coefficient (Wildman–Crippen LogP) is 2.52. The van der Waals surface area contributed by atoms with Crippen LogP contribution in [0.1, 0.15) is 39.5 Å². The first-order valence-electron chi connectivity index (χ1n) is 5.51. The molecule has 0 aromatic rings. The normalized spacial score (nSPS) is 28.2. The molecular formula is C11H21N. The third-order valence-corrected chi connectivity index (χ3v) is 3.59. The van der Waals surface area contributed by atoms with Crippen LogP contribution in [0.4, 0.5) is 0 Å². The van der Waals surface area contributed by atoms with E-state index < -0.39 is 0 Å². The minimum absolute atomic E-state index is 0.769. The molecule has 0 atom stereocenters. The van der Waals surface area contributed by atoms with Crippen LogP contribution < -0.4 is 0 Å². The van der Waals surface area contributed by atoms with E-state index in [0.717, 1.165) is 17.9 Å². The Kier molecular flexibility index (Phi) is 2.40. The SMILES string of the molecule is CC(C)N1CCC(C2CC2)CC1. The molecule has 0 amide bonds. The lowest BCUT2D eigenvalue weighted by atomic mass is 9.91. The molecule has 1 nitrogen and oxygen atoms in total. The highest BCUT2D eigenvalue weighted by Crippen LogP contribution is 2.41. The fourth-order valence-electron chi connectivity index (χ4n) is 2.47. The van der Waals surface area contributed by atoms with Crippen LogP contribution in [0.3, 0.4) is 0 Å². The topological polar surface area (TPSA) is 3.24 Å². The highest BCUT2D eigenvalue weighted by molar-refractivity contribution is 4.85. The molecule has 2 rings (SSSR count). The fraction of sp³-hybridized carbons (Fsp3) is 1.00. The maximum Gasteiger partial charge on any atom is 0.00385 e. The van der Waals surface area contributed by atoms with Crippen molar-refractivity contribution in [1.29, 1.82) is 0 Å². The summed E-state index contributed by atoms with van der Waals surface area (Å²) in [5, 5.41) is 0. The van der Waals surface area contributed by atoms with E-state index in [2.05, 4.69) is 18.7 Å². The summed E-state index contributed by atoms with van der Waals surface area (Å²) >= 11 is 0. The van der Waals surface area contributed by atoms with Crippen molar-refractivity contribution in [1.82, 2.24) is 4.90 Å². The maximum absolute atomic E-state index is 2.62. The molecule has 1 aliphatic carbocycles. The van der Waals surface area contributed by atoms with Crippen LogP contribution >= 0.6 is 0 Å². The van der Waals surface area contributed by atoms with Crippen molar-refractivity contribution >= 4 is 0 Å². The molecule has 70 valence electrons. The van der Waals surface area contributed by atoms with Crippen molar-refractivity contribution < 1.29 is 0 Å². The zero-order chi connectivity index (χ0) is 8.55. The van der Waals surface area contributed by atoms with Gasteiger partial charge in [-0.1, -0.05) is 0 Å². The van der Waals surface area contributed by atoms with Gasteiger partial charge in [0.25, 0.3) is 0 Å². The van der Waals surface area contributed by atoms with Crippen molar-refractivity contribution in [3.8, 4) is 0 Å². The first kappa shape index (κ1) is 8.55. The van der Waals surface area contributed by atoms with Gasteiger partial charge in [-0.05, 0) is 64.5 Å². The Hall–Kier alpha value is -0.0400. The van der Waals surface area contributed by atoms with Crippen molar-refractivity contribution in [3.63, 3.8) is 0 Å². The van der Waals surface area contributed by atoms with Crippen LogP contribution in [-0.2, 0) is 0 Å². The van der Waals surface area contributed by atoms with E-state index in [1.54, 1.807) is 0 Å². The van der Waals surface area contributed by atoms with Crippen molar-refractivity contribution in [3.05, 3.63) is 0 Å². The summed E-state index contributed by atoms with van der Waals surface area (Å²) in [5.41, 5.74) is 0. The molecule has 1 aliphatic heterocycles. The Morgan fingerprint density at radius 2 is 1.42 bits per heavy atom. The molecule has 0 unspecified atom stereocenters. The van der Waals surface area contributed by atoms with Gasteiger partial charge in [0.05, 0.1) is 0 Å². The van der Waals surface area contributed by atoms with Crippen LogP contribution in [-0.4, -0.2) is 24.0 Å². The lowest BCUT2D eigenvalue weighted by Crippen LogP contribution is -2.38. The van der Waals surface area contributed by atoms with Gasteiger partial charge in [-0.15, -0.1) is 0 Å². The third kappa shape index (κ3) is 1.82. The number of nitrogens with zero attached hydrogens (tertiary/aromatic N) is 1. The minimum Gasteiger partial charge on any atom is -0.301 e. The van der Waals surface area contributed by atoms with Gasteiger partial charge in [-0.25, -0.2) is 0 Å². The second-order valence-electron chi connectivity index (χ2n) is 4.80. The first-order chi connectivity index (χ1) is 5.77. The summed E-state index contributed by atoms with van der Waals surface area (Å²) in [5.74, 6) is 2.24. The van der Waals surface area contributed by atoms with Crippen LogP contribution in [0.25, 0.3) is 0 Å². The zero-order valence-corrected chi connectivity index (χ0v) is 8.42. The summed E-state index contributed by atoms with van der Waals surface area (Å²) in [6.07, 6.45) is 6.02. The van der Waals surface area contributed by atoms with Gasteiger partial charge in [0.1, 0.15) is 0 Å². The van der Waals surface area contributed by atoms with Gasteiger partial charge in [0, 0.05) is 6.04 Å². The molecule has 0 aromatic carbocycles. The molecule has 1 heteroatoms. The molecular weight excluding hydrogens is 146 g/mol. The van der Waals surface area contributed by atoms with Crippen molar-refractivity contribution in [2.24, 2.45) is 11.8 Å². The standard InChI is InChI=1S/C11H21N/c1-9(2)12-7-5-11(6-8-12)10-3-4-10/h9-11H,3-8H2,1-2H3. The molecule has 0 bridgehead atoms. The largest absolute Gasteiger partial charge is 0.301 e. The molecule has 2 aliphatic rings. The molecule has 0 aromatic heterocycles. The number of hydrogen-bond acceptors (Lipinski definition) is 1. The Morgan fingerprint density at radius 3 is 1.83 bits per heavy atom. The summed E-state index contributed by atoms with van der Waals surface area (Å²) < 4.78 is 0. The lowest BCUT2D eigenvalue weighted by Gasteiger charge is -2.34. The number of likely N-dealkylation sites (tertiary alicyclic amines) is 1. The maximum atomic E-state index is 2.62. The second kappa shape index (κ2) is 3.37.